The fourth-order valence-corrected chi connectivity index (χ4v) is 1.43. The van der Waals surface area contributed by atoms with E-state index in [-0.39, 0.29) is 5.17 Å². The van der Waals surface area contributed by atoms with Gasteiger partial charge >= 0.3 is 16.1 Å². The number of oxime groups is 1. The van der Waals surface area contributed by atoms with E-state index in [1.807, 2.05) is 0 Å². The van der Waals surface area contributed by atoms with Gasteiger partial charge in [0.25, 0.3) is 0 Å². The van der Waals surface area contributed by atoms with Gasteiger partial charge in [-0.1, -0.05) is 28.9 Å². The molecule has 0 saturated heterocycles. The second-order valence-corrected chi connectivity index (χ2v) is 5.15. The summed E-state index contributed by atoms with van der Waals surface area (Å²) in [4.78, 5) is 11.2. The van der Waals surface area contributed by atoms with Gasteiger partial charge in [0.1, 0.15) is 0 Å². The average Bonchev–Trinajstić information content (AvgIpc) is 2.34. The third-order valence-electron chi connectivity index (χ3n) is 1.80. The van der Waals surface area contributed by atoms with Gasteiger partial charge in [0.05, 0.1) is 18.9 Å². The molecule has 0 bridgehead atoms. The monoisotopic (exact) mass is 291 g/mol. The van der Waals surface area contributed by atoms with E-state index in [1.165, 1.54) is 31.4 Å². The zero-order valence-electron chi connectivity index (χ0n) is 9.58. The lowest BCUT2D eigenvalue weighted by Gasteiger charge is -2.01. The largest absolute Gasteiger partial charge is 0.465 e. The molecule has 0 unspecified atom stereocenters. The van der Waals surface area contributed by atoms with Crippen molar-refractivity contribution in [2.24, 2.45) is 5.16 Å². The molecule has 18 heavy (non-hydrogen) atoms. The minimum atomic E-state index is -3.70. The smallest absolute Gasteiger partial charge is 0.337 e. The number of hydrogen-bond acceptors (Lipinski definition) is 6. The molecule has 0 radical (unpaired) electrons. The third kappa shape index (κ3) is 4.34. The van der Waals surface area contributed by atoms with E-state index < -0.39 is 16.1 Å². The molecular formula is C10H10ClNO5S. The minimum absolute atomic E-state index is 0.142. The molecule has 0 heterocycles. The highest BCUT2D eigenvalue weighted by Gasteiger charge is 2.08. The summed E-state index contributed by atoms with van der Waals surface area (Å²) < 4.78 is 30.1. The predicted molar refractivity (Wildman–Crippen MR) is 66.1 cm³/mol. The molecule has 8 heteroatoms. The number of carbonyl (C=O) groups excluding carboxylic acids is 1. The Morgan fingerprint density at radius 3 is 2.17 bits per heavy atom. The number of rotatable bonds is 4. The van der Waals surface area contributed by atoms with Crippen molar-refractivity contribution < 1.29 is 22.2 Å². The van der Waals surface area contributed by atoms with Crippen LogP contribution in [0.3, 0.4) is 0 Å². The van der Waals surface area contributed by atoms with E-state index in [0.717, 1.165) is 6.26 Å². The van der Waals surface area contributed by atoms with E-state index in [0.29, 0.717) is 11.1 Å². The van der Waals surface area contributed by atoms with Crippen molar-refractivity contribution in [1.29, 1.82) is 0 Å². The first-order valence-electron chi connectivity index (χ1n) is 4.64. The Morgan fingerprint density at radius 1 is 1.22 bits per heavy atom. The number of carbonyl (C=O) groups is 1. The molecule has 0 aromatic heterocycles. The molecule has 0 aliphatic rings. The summed E-state index contributed by atoms with van der Waals surface area (Å²) in [6.07, 6.45) is 0.848. The second kappa shape index (κ2) is 5.83. The highest BCUT2D eigenvalue weighted by atomic mass is 35.5. The fraction of sp³-hybridized carbons (Fsp3) is 0.200. The highest BCUT2D eigenvalue weighted by Crippen LogP contribution is 2.10. The van der Waals surface area contributed by atoms with Gasteiger partial charge in [-0.05, 0) is 12.1 Å². The summed E-state index contributed by atoms with van der Waals surface area (Å²) in [6.45, 7) is 0. The van der Waals surface area contributed by atoms with E-state index in [2.05, 4.69) is 14.2 Å². The molecule has 6 nitrogen and oxygen atoms in total. The highest BCUT2D eigenvalue weighted by molar-refractivity contribution is 7.85. The van der Waals surface area contributed by atoms with Crippen LogP contribution in [-0.4, -0.2) is 32.9 Å². The maximum absolute atomic E-state index is 11.2. The van der Waals surface area contributed by atoms with Gasteiger partial charge in [0.15, 0.2) is 5.17 Å². The second-order valence-electron chi connectivity index (χ2n) is 3.23. The van der Waals surface area contributed by atoms with E-state index in [1.54, 1.807) is 0 Å². The maximum Gasteiger partial charge on any atom is 0.337 e. The quantitative estimate of drug-likeness (QED) is 0.475. The van der Waals surface area contributed by atoms with Gasteiger partial charge in [-0.3, -0.25) is 4.28 Å². The fourth-order valence-electron chi connectivity index (χ4n) is 1.01. The van der Waals surface area contributed by atoms with Crippen LogP contribution in [0.5, 0.6) is 0 Å². The topological polar surface area (TPSA) is 82.0 Å². The van der Waals surface area contributed by atoms with Gasteiger partial charge in [0, 0.05) is 5.56 Å². The third-order valence-corrected chi connectivity index (χ3v) is 2.43. The van der Waals surface area contributed by atoms with Gasteiger partial charge in [-0.25, -0.2) is 4.79 Å². The van der Waals surface area contributed by atoms with Crippen LogP contribution < -0.4 is 0 Å². The lowest BCUT2D eigenvalue weighted by Crippen LogP contribution is -2.03. The first kappa shape index (κ1) is 14.5. The molecule has 0 aliphatic heterocycles. The van der Waals surface area contributed by atoms with E-state index in [9.17, 15) is 13.2 Å². The van der Waals surface area contributed by atoms with Crippen molar-refractivity contribution in [1.82, 2.24) is 0 Å². The van der Waals surface area contributed by atoms with Crippen LogP contribution in [0, 0.1) is 0 Å². The lowest BCUT2D eigenvalue weighted by molar-refractivity contribution is 0.0600. The number of nitrogens with zero attached hydrogens (tertiary/aromatic N) is 1. The number of methoxy groups -OCH3 is 1. The molecule has 1 aromatic rings. The Hall–Kier alpha value is -1.60. The van der Waals surface area contributed by atoms with Gasteiger partial charge in [-0.15, -0.1) is 0 Å². The molecule has 98 valence electrons. The number of halogens is 1. The molecule has 0 saturated carbocycles. The zero-order chi connectivity index (χ0) is 13.8. The standard InChI is InChI=1S/C10H10ClNO5S/c1-16-10(13)8-5-3-7(4-6-8)9(11)12-17-18(2,14)15/h3-6H,1-2H3. The Morgan fingerprint density at radius 2 is 1.72 bits per heavy atom. The molecule has 0 N–H and O–H groups in total. The first-order valence-corrected chi connectivity index (χ1v) is 6.84. The maximum atomic E-state index is 11.2. The number of benzene rings is 1. The van der Waals surface area contributed by atoms with E-state index in [4.69, 9.17) is 11.6 Å². The van der Waals surface area contributed by atoms with Crippen LogP contribution in [0.2, 0.25) is 0 Å². The van der Waals surface area contributed by atoms with Crippen molar-refractivity contribution in [2.75, 3.05) is 13.4 Å². The molecule has 0 fully saturated rings. The van der Waals surface area contributed by atoms with Gasteiger partial charge in [-0.2, -0.15) is 8.42 Å². The molecule has 1 aromatic carbocycles. The normalized spacial score (nSPS) is 12.1. The number of ether oxygens (including phenoxy) is 1. The Kier molecular flexibility index (Phi) is 4.69. The Balaban J connectivity index is 2.88. The van der Waals surface area contributed by atoms with Crippen LogP contribution in [0.15, 0.2) is 29.4 Å². The van der Waals surface area contributed by atoms with Crippen molar-refractivity contribution in [3.8, 4) is 0 Å². The summed E-state index contributed by atoms with van der Waals surface area (Å²) in [7, 11) is -2.43. The van der Waals surface area contributed by atoms with Crippen LogP contribution in [-0.2, 0) is 19.1 Å². The molecular weight excluding hydrogens is 282 g/mol. The Bertz CT molecular complexity index is 564. The van der Waals surface area contributed by atoms with Crippen molar-refractivity contribution in [3.05, 3.63) is 35.4 Å². The summed E-state index contributed by atoms with van der Waals surface area (Å²) in [6, 6.07) is 5.92. The van der Waals surface area contributed by atoms with Crippen LogP contribution in [0.4, 0.5) is 0 Å². The predicted octanol–water partition coefficient (Wildman–Crippen LogP) is 1.35. The summed E-state index contributed by atoms with van der Waals surface area (Å²) in [5.74, 6) is -0.484. The van der Waals surface area contributed by atoms with E-state index >= 15 is 0 Å². The summed E-state index contributed by atoms with van der Waals surface area (Å²) >= 11 is 5.72. The zero-order valence-corrected chi connectivity index (χ0v) is 11.2. The molecule has 0 spiro atoms. The van der Waals surface area contributed by atoms with Crippen molar-refractivity contribution >= 4 is 32.9 Å². The van der Waals surface area contributed by atoms with Gasteiger partial charge < -0.3 is 4.74 Å². The SMILES string of the molecule is COC(=O)c1ccc(C(Cl)=NOS(C)(=O)=O)cc1. The summed E-state index contributed by atoms with van der Waals surface area (Å²) in [5.41, 5.74) is 0.753. The molecule has 0 amide bonds. The molecule has 0 aliphatic carbocycles. The molecule has 0 atom stereocenters. The van der Waals surface area contributed by atoms with Crippen LogP contribution in [0.25, 0.3) is 0 Å². The average molecular weight is 292 g/mol. The Labute approximate surface area is 109 Å². The lowest BCUT2D eigenvalue weighted by atomic mass is 10.1. The summed E-state index contributed by atoms with van der Waals surface area (Å²) in [5, 5.41) is 3.10. The first-order chi connectivity index (χ1) is 8.33. The van der Waals surface area contributed by atoms with Crippen LogP contribution in [0.1, 0.15) is 15.9 Å². The molecule has 1 rings (SSSR count). The van der Waals surface area contributed by atoms with Crippen molar-refractivity contribution in [2.45, 2.75) is 0 Å². The minimum Gasteiger partial charge on any atom is -0.465 e. The van der Waals surface area contributed by atoms with Crippen LogP contribution >= 0.6 is 11.6 Å². The van der Waals surface area contributed by atoms with Crippen molar-refractivity contribution in [3.63, 3.8) is 0 Å². The number of hydrogen-bond donors (Lipinski definition) is 0. The number of esters is 1. The van der Waals surface area contributed by atoms with Gasteiger partial charge in [0.2, 0.25) is 0 Å².